The summed E-state index contributed by atoms with van der Waals surface area (Å²) < 4.78 is 53.6. The zero-order valence-electron chi connectivity index (χ0n) is 14.8. The van der Waals surface area contributed by atoms with Crippen LogP contribution in [-0.4, -0.2) is 51.6 Å². The summed E-state index contributed by atoms with van der Waals surface area (Å²) in [5, 5.41) is 0. The monoisotopic (exact) mass is 394 g/mol. The number of nitrogens with zero attached hydrogens (tertiary/aromatic N) is 2. The minimum Gasteiger partial charge on any atom is -0.207 e. The standard InChI is InChI=1S/C18H22N2O4S2/c1-15-3-7-17(8-4-15)25(21,22)19-11-13-20(14-12-19)26(23,24)18-9-5-16(2)6-10-18/h3-10H,11-14H2,1-2H3. The Morgan fingerprint density at radius 1 is 0.577 bits per heavy atom. The van der Waals surface area contributed by atoms with E-state index in [1.54, 1.807) is 48.5 Å². The van der Waals surface area contributed by atoms with Crippen LogP contribution in [0.1, 0.15) is 11.1 Å². The van der Waals surface area contributed by atoms with E-state index in [1.807, 2.05) is 13.8 Å². The minimum absolute atomic E-state index is 0.140. The van der Waals surface area contributed by atoms with Gasteiger partial charge in [0.2, 0.25) is 20.0 Å². The average molecular weight is 395 g/mol. The SMILES string of the molecule is Cc1ccc(S(=O)(=O)N2CCN(S(=O)(=O)c3ccc(C)cc3)CC2)cc1. The number of rotatable bonds is 4. The molecular weight excluding hydrogens is 372 g/mol. The van der Waals surface area contributed by atoms with E-state index < -0.39 is 20.0 Å². The van der Waals surface area contributed by atoms with Gasteiger partial charge in [-0.2, -0.15) is 8.61 Å². The molecule has 1 saturated heterocycles. The highest BCUT2D eigenvalue weighted by Crippen LogP contribution is 2.22. The van der Waals surface area contributed by atoms with Crippen molar-refractivity contribution in [2.45, 2.75) is 23.6 Å². The minimum atomic E-state index is -3.61. The summed E-state index contributed by atoms with van der Waals surface area (Å²) in [4.78, 5) is 0.468. The van der Waals surface area contributed by atoms with Crippen LogP contribution in [-0.2, 0) is 20.0 Å². The first kappa shape index (κ1) is 19.0. The molecule has 8 heteroatoms. The third-order valence-corrected chi connectivity index (χ3v) is 8.34. The molecule has 0 radical (unpaired) electrons. The molecule has 0 aromatic heterocycles. The smallest absolute Gasteiger partial charge is 0.207 e. The Bertz CT molecular complexity index is 891. The first-order valence-electron chi connectivity index (χ1n) is 8.35. The van der Waals surface area contributed by atoms with Crippen LogP contribution in [0.2, 0.25) is 0 Å². The predicted molar refractivity (Wildman–Crippen MR) is 99.9 cm³/mol. The highest BCUT2D eigenvalue weighted by Gasteiger charge is 2.33. The largest absolute Gasteiger partial charge is 0.243 e. The van der Waals surface area contributed by atoms with Crippen molar-refractivity contribution in [3.05, 3.63) is 59.7 Å². The van der Waals surface area contributed by atoms with Gasteiger partial charge in [0.05, 0.1) is 9.79 Å². The van der Waals surface area contributed by atoms with Gasteiger partial charge in [0.15, 0.2) is 0 Å². The Balaban J connectivity index is 1.74. The van der Waals surface area contributed by atoms with E-state index in [0.29, 0.717) is 0 Å². The highest BCUT2D eigenvalue weighted by molar-refractivity contribution is 7.89. The van der Waals surface area contributed by atoms with E-state index in [9.17, 15) is 16.8 Å². The number of hydrogen-bond donors (Lipinski definition) is 0. The number of benzene rings is 2. The van der Waals surface area contributed by atoms with E-state index in [1.165, 1.54) is 8.61 Å². The molecule has 3 rings (SSSR count). The first-order valence-corrected chi connectivity index (χ1v) is 11.2. The molecule has 0 N–H and O–H groups in total. The molecule has 1 fully saturated rings. The van der Waals surface area contributed by atoms with Crippen LogP contribution in [0.5, 0.6) is 0 Å². The molecule has 6 nitrogen and oxygen atoms in total. The van der Waals surface area contributed by atoms with Gasteiger partial charge in [0.25, 0.3) is 0 Å². The molecule has 0 spiro atoms. The lowest BCUT2D eigenvalue weighted by molar-refractivity contribution is 0.273. The van der Waals surface area contributed by atoms with Gasteiger partial charge in [-0.1, -0.05) is 35.4 Å². The van der Waals surface area contributed by atoms with Gasteiger partial charge in [-0.3, -0.25) is 0 Å². The summed E-state index contributed by atoms with van der Waals surface area (Å²) in [6.45, 7) is 4.35. The molecule has 0 atom stereocenters. The number of sulfonamides is 2. The van der Waals surface area contributed by atoms with Gasteiger partial charge in [0.1, 0.15) is 0 Å². The quantitative estimate of drug-likeness (QED) is 0.795. The lowest BCUT2D eigenvalue weighted by Crippen LogP contribution is -2.50. The third kappa shape index (κ3) is 3.68. The molecular formula is C18H22N2O4S2. The van der Waals surface area contributed by atoms with Crippen LogP contribution < -0.4 is 0 Å². The van der Waals surface area contributed by atoms with Crippen molar-refractivity contribution in [3.8, 4) is 0 Å². The molecule has 140 valence electrons. The zero-order valence-corrected chi connectivity index (χ0v) is 16.4. The normalized spacial score (nSPS) is 17.3. The maximum absolute atomic E-state index is 12.7. The van der Waals surface area contributed by atoms with Crippen molar-refractivity contribution in [2.24, 2.45) is 0 Å². The summed E-state index contributed by atoms with van der Waals surface area (Å²) in [5.74, 6) is 0. The van der Waals surface area contributed by atoms with E-state index in [4.69, 9.17) is 0 Å². The zero-order chi connectivity index (χ0) is 18.9. The van der Waals surface area contributed by atoms with E-state index >= 15 is 0 Å². The Kier molecular flexibility index (Phi) is 5.21. The van der Waals surface area contributed by atoms with Crippen molar-refractivity contribution in [2.75, 3.05) is 26.2 Å². The summed E-state index contributed by atoms with van der Waals surface area (Å²) in [6.07, 6.45) is 0. The molecule has 1 heterocycles. The number of hydrogen-bond acceptors (Lipinski definition) is 4. The van der Waals surface area contributed by atoms with Gasteiger partial charge in [-0.15, -0.1) is 0 Å². The maximum Gasteiger partial charge on any atom is 0.243 e. The predicted octanol–water partition coefficient (Wildman–Crippen LogP) is 2.00. The topological polar surface area (TPSA) is 74.8 Å². The second kappa shape index (κ2) is 7.11. The van der Waals surface area contributed by atoms with Crippen LogP contribution in [0.25, 0.3) is 0 Å². The van der Waals surface area contributed by atoms with Crippen LogP contribution in [0, 0.1) is 13.8 Å². The van der Waals surface area contributed by atoms with Gasteiger partial charge in [-0.25, -0.2) is 16.8 Å². The van der Waals surface area contributed by atoms with Gasteiger partial charge >= 0.3 is 0 Å². The van der Waals surface area contributed by atoms with Crippen molar-refractivity contribution in [3.63, 3.8) is 0 Å². The summed E-state index contributed by atoms with van der Waals surface area (Å²) >= 11 is 0. The van der Waals surface area contributed by atoms with Crippen LogP contribution >= 0.6 is 0 Å². The summed E-state index contributed by atoms with van der Waals surface area (Å²) in [6, 6.07) is 13.4. The second-order valence-electron chi connectivity index (χ2n) is 6.43. The molecule has 1 aliphatic rings. The van der Waals surface area contributed by atoms with E-state index in [2.05, 4.69) is 0 Å². The molecule has 2 aromatic rings. The van der Waals surface area contributed by atoms with Crippen molar-refractivity contribution in [1.82, 2.24) is 8.61 Å². The molecule has 0 saturated carbocycles. The molecule has 1 aliphatic heterocycles. The molecule has 0 aliphatic carbocycles. The molecule has 26 heavy (non-hydrogen) atoms. The molecule has 0 amide bonds. The average Bonchev–Trinajstić information content (AvgIpc) is 2.62. The van der Waals surface area contributed by atoms with E-state index in [-0.39, 0.29) is 36.0 Å². The number of piperazine rings is 1. The van der Waals surface area contributed by atoms with Crippen molar-refractivity contribution in [1.29, 1.82) is 0 Å². The summed E-state index contributed by atoms with van der Waals surface area (Å²) in [5.41, 5.74) is 1.97. The third-order valence-electron chi connectivity index (χ3n) is 4.52. The van der Waals surface area contributed by atoms with Crippen molar-refractivity contribution >= 4 is 20.0 Å². The Hall–Kier alpha value is -1.74. The van der Waals surface area contributed by atoms with E-state index in [0.717, 1.165) is 11.1 Å². The van der Waals surface area contributed by atoms with Crippen LogP contribution in [0.15, 0.2) is 58.3 Å². The second-order valence-corrected chi connectivity index (χ2v) is 10.3. The Labute approximate surface area is 155 Å². The highest BCUT2D eigenvalue weighted by atomic mass is 32.2. The first-order chi connectivity index (χ1) is 12.2. The Morgan fingerprint density at radius 3 is 1.12 bits per heavy atom. The van der Waals surface area contributed by atoms with Crippen LogP contribution in [0.3, 0.4) is 0 Å². The fourth-order valence-electron chi connectivity index (χ4n) is 2.87. The molecule has 0 bridgehead atoms. The van der Waals surface area contributed by atoms with Gasteiger partial charge in [0, 0.05) is 26.2 Å². The maximum atomic E-state index is 12.7. The molecule has 0 unspecified atom stereocenters. The lowest BCUT2D eigenvalue weighted by Gasteiger charge is -2.33. The summed E-state index contributed by atoms with van der Waals surface area (Å²) in [7, 11) is -7.21. The fourth-order valence-corrected chi connectivity index (χ4v) is 5.71. The molecule has 2 aromatic carbocycles. The number of aryl methyl sites for hydroxylation is 2. The Morgan fingerprint density at radius 2 is 0.846 bits per heavy atom. The fraction of sp³-hybridized carbons (Fsp3) is 0.333. The lowest BCUT2D eigenvalue weighted by atomic mass is 10.2. The van der Waals surface area contributed by atoms with Gasteiger partial charge in [-0.05, 0) is 38.1 Å². The van der Waals surface area contributed by atoms with Crippen molar-refractivity contribution < 1.29 is 16.8 Å². The van der Waals surface area contributed by atoms with Crippen LogP contribution in [0.4, 0.5) is 0 Å². The van der Waals surface area contributed by atoms with Gasteiger partial charge < -0.3 is 0 Å².